The lowest BCUT2D eigenvalue weighted by Gasteiger charge is -2.17. The van der Waals surface area contributed by atoms with Gasteiger partial charge in [0.15, 0.2) is 0 Å². The molecule has 1 unspecified atom stereocenters. The zero-order valence-corrected chi connectivity index (χ0v) is 14.1. The van der Waals surface area contributed by atoms with Gasteiger partial charge in [-0.25, -0.2) is 4.79 Å². The van der Waals surface area contributed by atoms with E-state index >= 15 is 0 Å². The smallest absolute Gasteiger partial charge is 0.341 e. The minimum atomic E-state index is -0.412. The Morgan fingerprint density at radius 1 is 1.29 bits per heavy atom. The minimum absolute atomic E-state index is 0.0749. The molecule has 0 bridgehead atoms. The molecule has 0 aliphatic heterocycles. The molecule has 1 atom stereocenters. The van der Waals surface area contributed by atoms with Crippen LogP contribution in [0.3, 0.4) is 0 Å². The molecular formula is C19H23NO4. The van der Waals surface area contributed by atoms with Crippen LogP contribution >= 0.6 is 0 Å². The number of amides is 1. The summed E-state index contributed by atoms with van der Waals surface area (Å²) in [5.74, 6) is 0.193. The Kier molecular flexibility index (Phi) is 6.61. The third-order valence-corrected chi connectivity index (χ3v) is 3.72. The molecule has 5 nitrogen and oxygen atoms in total. The van der Waals surface area contributed by atoms with Gasteiger partial charge in [0.05, 0.1) is 13.2 Å². The Bertz CT molecular complexity index is 649. The van der Waals surface area contributed by atoms with E-state index in [1.54, 1.807) is 31.2 Å². The van der Waals surface area contributed by atoms with E-state index in [-0.39, 0.29) is 18.4 Å². The van der Waals surface area contributed by atoms with Gasteiger partial charge in [-0.1, -0.05) is 37.3 Å². The molecule has 1 amide bonds. The number of esters is 1. The predicted molar refractivity (Wildman–Crippen MR) is 91.9 cm³/mol. The van der Waals surface area contributed by atoms with E-state index in [0.717, 1.165) is 12.0 Å². The maximum atomic E-state index is 12.1. The Morgan fingerprint density at radius 3 is 2.83 bits per heavy atom. The highest BCUT2D eigenvalue weighted by Crippen LogP contribution is 2.20. The molecule has 1 aromatic carbocycles. The lowest BCUT2D eigenvalue weighted by molar-refractivity contribution is -0.118. The standard InChI is InChI=1S/C19H23NO4/c1-3-23-19(22)16-10-6-7-11-17(16)24-13-12-20-18(21)15-9-5-4-8-14(15)2/h4-7,9-11,14H,3,8,12-13H2,1-2H3,(H,20,21). The number of nitrogens with one attached hydrogen (secondary N) is 1. The molecule has 0 heterocycles. The summed E-state index contributed by atoms with van der Waals surface area (Å²) in [5.41, 5.74) is 1.17. The van der Waals surface area contributed by atoms with Crippen molar-refractivity contribution in [1.82, 2.24) is 5.32 Å². The van der Waals surface area contributed by atoms with E-state index in [4.69, 9.17) is 9.47 Å². The van der Waals surface area contributed by atoms with Gasteiger partial charge in [0.1, 0.15) is 17.9 Å². The molecule has 0 spiro atoms. The van der Waals surface area contributed by atoms with E-state index in [2.05, 4.69) is 11.4 Å². The van der Waals surface area contributed by atoms with Crippen LogP contribution in [0.2, 0.25) is 0 Å². The van der Waals surface area contributed by atoms with Crippen molar-refractivity contribution >= 4 is 11.9 Å². The quantitative estimate of drug-likeness (QED) is 0.617. The summed E-state index contributed by atoms with van der Waals surface area (Å²) in [5, 5.41) is 2.84. The van der Waals surface area contributed by atoms with Crippen LogP contribution in [0.25, 0.3) is 0 Å². The fraction of sp³-hybridized carbons (Fsp3) is 0.368. The zero-order valence-electron chi connectivity index (χ0n) is 14.1. The van der Waals surface area contributed by atoms with Gasteiger partial charge in [-0.3, -0.25) is 4.79 Å². The van der Waals surface area contributed by atoms with Crippen LogP contribution in [0.15, 0.2) is 48.1 Å². The number of hydrogen-bond donors (Lipinski definition) is 1. The first-order chi connectivity index (χ1) is 11.6. The van der Waals surface area contributed by atoms with Crippen LogP contribution in [0.5, 0.6) is 5.75 Å². The summed E-state index contributed by atoms with van der Waals surface area (Å²) in [4.78, 5) is 24.0. The van der Waals surface area contributed by atoms with Crippen molar-refractivity contribution in [2.24, 2.45) is 5.92 Å². The molecular weight excluding hydrogens is 306 g/mol. The van der Waals surface area contributed by atoms with Gasteiger partial charge in [0.25, 0.3) is 0 Å². The van der Waals surface area contributed by atoms with Gasteiger partial charge in [-0.15, -0.1) is 0 Å². The van der Waals surface area contributed by atoms with E-state index in [9.17, 15) is 9.59 Å². The van der Waals surface area contributed by atoms with Gasteiger partial charge in [0, 0.05) is 5.57 Å². The lowest BCUT2D eigenvalue weighted by atomic mass is 9.93. The van der Waals surface area contributed by atoms with Crippen LogP contribution in [0.4, 0.5) is 0 Å². The lowest BCUT2D eigenvalue weighted by Crippen LogP contribution is -2.31. The average molecular weight is 329 g/mol. The highest BCUT2D eigenvalue weighted by Gasteiger charge is 2.17. The second-order valence-corrected chi connectivity index (χ2v) is 5.51. The van der Waals surface area contributed by atoms with Crippen LogP contribution < -0.4 is 10.1 Å². The van der Waals surface area contributed by atoms with Crippen molar-refractivity contribution in [2.75, 3.05) is 19.8 Å². The summed E-state index contributed by atoms with van der Waals surface area (Å²) >= 11 is 0. The second-order valence-electron chi connectivity index (χ2n) is 5.51. The fourth-order valence-corrected chi connectivity index (χ4v) is 2.44. The van der Waals surface area contributed by atoms with Gasteiger partial charge in [-0.2, -0.15) is 0 Å². The van der Waals surface area contributed by atoms with Crippen molar-refractivity contribution < 1.29 is 19.1 Å². The number of hydrogen-bond acceptors (Lipinski definition) is 4. The molecule has 128 valence electrons. The highest BCUT2D eigenvalue weighted by molar-refractivity contribution is 5.94. The van der Waals surface area contributed by atoms with Crippen molar-refractivity contribution in [3.63, 3.8) is 0 Å². The SMILES string of the molecule is CCOC(=O)c1ccccc1OCCNC(=O)C1=CC=CCC1C. The molecule has 24 heavy (non-hydrogen) atoms. The molecule has 1 aliphatic rings. The molecule has 1 aromatic rings. The van der Waals surface area contributed by atoms with Crippen LogP contribution in [0, 0.1) is 5.92 Å². The van der Waals surface area contributed by atoms with E-state index in [1.165, 1.54) is 0 Å². The number of benzene rings is 1. The van der Waals surface area contributed by atoms with Crippen molar-refractivity contribution in [2.45, 2.75) is 20.3 Å². The second kappa shape index (κ2) is 8.91. The Hall–Kier alpha value is -2.56. The van der Waals surface area contributed by atoms with Crippen LogP contribution in [0.1, 0.15) is 30.6 Å². The Morgan fingerprint density at radius 2 is 2.08 bits per heavy atom. The number of para-hydroxylation sites is 1. The summed E-state index contributed by atoms with van der Waals surface area (Å²) in [6, 6.07) is 6.92. The van der Waals surface area contributed by atoms with E-state index < -0.39 is 5.97 Å². The summed E-state index contributed by atoms with van der Waals surface area (Å²) in [6.07, 6.45) is 6.68. The number of rotatable bonds is 7. The van der Waals surface area contributed by atoms with Crippen LogP contribution in [-0.2, 0) is 9.53 Å². The molecule has 0 aromatic heterocycles. The normalized spacial score (nSPS) is 16.2. The van der Waals surface area contributed by atoms with Gasteiger partial charge < -0.3 is 14.8 Å². The largest absolute Gasteiger partial charge is 0.491 e. The topological polar surface area (TPSA) is 64.6 Å². The summed E-state index contributed by atoms with van der Waals surface area (Å²) < 4.78 is 10.6. The zero-order chi connectivity index (χ0) is 17.4. The van der Waals surface area contributed by atoms with Crippen molar-refractivity contribution in [3.05, 3.63) is 53.6 Å². The summed E-state index contributed by atoms with van der Waals surface area (Å²) in [6.45, 7) is 4.74. The molecule has 5 heteroatoms. The number of carbonyl (C=O) groups is 2. The van der Waals surface area contributed by atoms with Crippen molar-refractivity contribution in [1.29, 1.82) is 0 Å². The highest BCUT2D eigenvalue weighted by atomic mass is 16.5. The third-order valence-electron chi connectivity index (χ3n) is 3.72. The maximum Gasteiger partial charge on any atom is 0.341 e. The van der Waals surface area contributed by atoms with Gasteiger partial charge in [-0.05, 0) is 31.4 Å². The molecule has 0 radical (unpaired) electrons. The monoisotopic (exact) mass is 329 g/mol. The van der Waals surface area contributed by atoms with Crippen LogP contribution in [-0.4, -0.2) is 31.6 Å². The van der Waals surface area contributed by atoms with Gasteiger partial charge in [0.2, 0.25) is 5.91 Å². The summed E-state index contributed by atoms with van der Waals surface area (Å²) in [7, 11) is 0. The maximum absolute atomic E-state index is 12.1. The molecule has 1 aliphatic carbocycles. The van der Waals surface area contributed by atoms with E-state index in [1.807, 2.05) is 19.1 Å². The first kappa shape index (κ1) is 17.8. The molecule has 0 fully saturated rings. The molecule has 1 N–H and O–H groups in total. The first-order valence-corrected chi connectivity index (χ1v) is 8.17. The molecule has 2 rings (SSSR count). The number of ether oxygens (including phenoxy) is 2. The molecule has 0 saturated carbocycles. The fourth-order valence-electron chi connectivity index (χ4n) is 2.44. The molecule has 0 saturated heterocycles. The van der Waals surface area contributed by atoms with Gasteiger partial charge >= 0.3 is 5.97 Å². The third kappa shape index (κ3) is 4.72. The minimum Gasteiger partial charge on any atom is -0.491 e. The Balaban J connectivity index is 1.84. The van der Waals surface area contributed by atoms with E-state index in [0.29, 0.717) is 24.5 Å². The average Bonchev–Trinajstić information content (AvgIpc) is 2.59. The first-order valence-electron chi connectivity index (χ1n) is 8.17. The predicted octanol–water partition coefficient (Wildman–Crippen LogP) is 2.88. The number of carbonyl (C=O) groups excluding carboxylic acids is 2. The number of allylic oxidation sites excluding steroid dienone is 3. The van der Waals surface area contributed by atoms with Crippen molar-refractivity contribution in [3.8, 4) is 5.75 Å². The Labute approximate surface area is 142 Å².